The van der Waals surface area contributed by atoms with Crippen molar-refractivity contribution in [3.63, 3.8) is 0 Å². The summed E-state index contributed by atoms with van der Waals surface area (Å²) in [6.07, 6.45) is 0.0812. The van der Waals surface area contributed by atoms with E-state index in [9.17, 15) is 14.7 Å². The van der Waals surface area contributed by atoms with Gasteiger partial charge < -0.3 is 9.84 Å². The van der Waals surface area contributed by atoms with Gasteiger partial charge in [0.25, 0.3) is 5.91 Å². The number of fused-ring (bicyclic) bond motifs is 1. The summed E-state index contributed by atoms with van der Waals surface area (Å²) < 4.78 is 6.41. The van der Waals surface area contributed by atoms with E-state index in [1.54, 1.807) is 6.07 Å². The molecular formula is C16H14N2O4S2. The Morgan fingerprint density at radius 3 is 2.92 bits per heavy atom. The second-order valence-corrected chi connectivity index (χ2v) is 6.91. The van der Waals surface area contributed by atoms with Gasteiger partial charge in [0.05, 0.1) is 24.5 Å². The minimum Gasteiger partial charge on any atom is -0.493 e. The van der Waals surface area contributed by atoms with Gasteiger partial charge >= 0.3 is 5.97 Å². The van der Waals surface area contributed by atoms with Crippen molar-refractivity contribution in [2.75, 3.05) is 7.11 Å². The second kappa shape index (κ2) is 6.29. The number of esters is 1. The van der Waals surface area contributed by atoms with Gasteiger partial charge in [0.1, 0.15) is 4.88 Å². The summed E-state index contributed by atoms with van der Waals surface area (Å²) in [5.41, 5.74) is 1.24. The van der Waals surface area contributed by atoms with Crippen molar-refractivity contribution in [3.05, 3.63) is 43.2 Å². The monoisotopic (exact) mass is 362 g/mol. The van der Waals surface area contributed by atoms with Gasteiger partial charge in [-0.05, 0) is 24.7 Å². The van der Waals surface area contributed by atoms with Gasteiger partial charge in [0.15, 0.2) is 3.95 Å². The molecule has 0 atom stereocenters. The Hall–Kier alpha value is -2.32. The van der Waals surface area contributed by atoms with Crippen molar-refractivity contribution in [2.45, 2.75) is 19.9 Å². The molecule has 0 radical (unpaired) electrons. The Morgan fingerprint density at radius 2 is 2.21 bits per heavy atom. The molecule has 0 saturated heterocycles. The highest BCUT2D eigenvalue weighted by atomic mass is 32.1. The van der Waals surface area contributed by atoms with Crippen LogP contribution < -0.4 is 10.6 Å². The molecule has 0 aliphatic carbocycles. The lowest BCUT2D eigenvalue weighted by atomic mass is 10.1. The van der Waals surface area contributed by atoms with E-state index in [0.717, 1.165) is 16.9 Å². The van der Waals surface area contributed by atoms with Gasteiger partial charge in [-0.2, -0.15) is 0 Å². The number of hydrogen-bond acceptors (Lipinski definition) is 6. The lowest BCUT2D eigenvalue weighted by Gasteiger charge is -2.04. The number of hydrogen-bond donors (Lipinski definition) is 1. The number of aromatic nitrogens is 1. The van der Waals surface area contributed by atoms with Crippen LogP contribution in [0, 0.1) is 10.9 Å². The average Bonchev–Trinajstić information content (AvgIpc) is 3.02. The number of methoxy groups -OCH3 is 1. The molecule has 1 amide bonds. The third kappa shape index (κ3) is 2.67. The molecule has 0 bridgehead atoms. The third-order valence-corrected chi connectivity index (χ3v) is 5.25. The van der Waals surface area contributed by atoms with E-state index in [-0.39, 0.29) is 18.8 Å². The predicted octanol–water partition coefficient (Wildman–Crippen LogP) is 1.22. The largest absolute Gasteiger partial charge is 0.493 e. The van der Waals surface area contributed by atoms with E-state index in [1.165, 1.54) is 11.7 Å². The molecule has 24 heavy (non-hydrogen) atoms. The Labute approximate surface area is 146 Å². The standard InChI is InChI=1S/C16H14N2O4S2/c1-8-4-3-5-9-11(14(20)17-12(8)9)13-15(21)18(16(23)24-13)7-6-10(19)22-2/h3-5,21H,6-7H2,1-2H3. The minimum atomic E-state index is -0.399. The third-order valence-electron chi connectivity index (χ3n) is 3.80. The molecule has 1 aliphatic rings. The normalized spacial score (nSPS) is 12.9. The number of carbonyl (C=O) groups is 2. The first-order valence-electron chi connectivity index (χ1n) is 7.16. The van der Waals surface area contributed by atoms with Crippen LogP contribution in [0.5, 0.6) is 5.88 Å². The highest BCUT2D eigenvalue weighted by Crippen LogP contribution is 2.32. The average molecular weight is 362 g/mol. The number of ether oxygens (including phenoxy) is 1. The number of carbonyl (C=O) groups excluding carboxylic acids is 2. The van der Waals surface area contributed by atoms with Crippen LogP contribution in [0.2, 0.25) is 0 Å². The number of nitrogens with zero attached hydrogens (tertiary/aromatic N) is 2. The predicted molar refractivity (Wildman–Crippen MR) is 90.9 cm³/mol. The van der Waals surface area contributed by atoms with Gasteiger partial charge in [0.2, 0.25) is 5.88 Å². The van der Waals surface area contributed by atoms with Crippen LogP contribution in [0.3, 0.4) is 0 Å². The van der Waals surface area contributed by atoms with Crippen LogP contribution in [0.25, 0.3) is 5.57 Å². The zero-order valence-corrected chi connectivity index (χ0v) is 14.7. The van der Waals surface area contributed by atoms with E-state index >= 15 is 0 Å². The van der Waals surface area contributed by atoms with Gasteiger partial charge in [-0.15, -0.1) is 11.3 Å². The first kappa shape index (κ1) is 16.5. The fraction of sp³-hybridized carbons (Fsp3) is 0.250. The fourth-order valence-corrected chi connectivity index (χ4v) is 3.95. The first-order chi connectivity index (χ1) is 11.4. The lowest BCUT2D eigenvalue weighted by molar-refractivity contribution is -0.140. The Kier molecular flexibility index (Phi) is 4.33. The van der Waals surface area contributed by atoms with Crippen LogP contribution >= 0.6 is 23.6 Å². The molecule has 1 aromatic carbocycles. The molecule has 0 unspecified atom stereocenters. The Morgan fingerprint density at radius 1 is 1.46 bits per heavy atom. The maximum absolute atomic E-state index is 12.3. The van der Waals surface area contributed by atoms with Crippen LogP contribution in [0.1, 0.15) is 16.9 Å². The summed E-state index contributed by atoms with van der Waals surface area (Å²) in [4.78, 5) is 28.1. The van der Waals surface area contributed by atoms with E-state index in [0.29, 0.717) is 25.0 Å². The summed E-state index contributed by atoms with van der Waals surface area (Å²) in [5.74, 6) is -0.919. The number of amides is 1. The van der Waals surface area contributed by atoms with Crippen molar-refractivity contribution in [1.29, 1.82) is 0 Å². The number of aryl methyl sites for hydroxylation is 1. The molecule has 2 heterocycles. The SMILES string of the molecule is COC(=O)CCn1c(O)c(C2=c3cccc(C)c3=NC2=O)sc1=S. The van der Waals surface area contributed by atoms with Crippen LogP contribution in [-0.4, -0.2) is 28.7 Å². The number of benzene rings is 1. The Balaban J connectivity index is 2.14. The maximum Gasteiger partial charge on any atom is 0.307 e. The molecule has 124 valence electrons. The van der Waals surface area contributed by atoms with Crippen molar-refractivity contribution >= 4 is 41.0 Å². The molecular weight excluding hydrogens is 348 g/mol. The Bertz CT molecular complexity index is 1030. The zero-order valence-electron chi connectivity index (χ0n) is 13.0. The number of aromatic hydroxyl groups is 1. The van der Waals surface area contributed by atoms with Crippen molar-refractivity contribution in [1.82, 2.24) is 4.57 Å². The van der Waals surface area contributed by atoms with E-state index in [2.05, 4.69) is 9.73 Å². The summed E-state index contributed by atoms with van der Waals surface area (Å²) in [5, 5.41) is 11.8. The molecule has 0 spiro atoms. The minimum absolute atomic E-state index is 0.0812. The molecule has 2 aromatic rings. The first-order valence-corrected chi connectivity index (χ1v) is 8.39. The lowest BCUT2D eigenvalue weighted by Crippen LogP contribution is -2.25. The zero-order chi connectivity index (χ0) is 17.4. The molecule has 1 N–H and O–H groups in total. The highest BCUT2D eigenvalue weighted by Gasteiger charge is 2.25. The van der Waals surface area contributed by atoms with Gasteiger partial charge in [0, 0.05) is 11.8 Å². The van der Waals surface area contributed by atoms with Gasteiger partial charge in [-0.1, -0.05) is 18.2 Å². The molecule has 3 rings (SSSR count). The molecule has 1 aliphatic heterocycles. The molecule has 0 saturated carbocycles. The summed E-state index contributed by atoms with van der Waals surface area (Å²) in [6.45, 7) is 2.06. The van der Waals surface area contributed by atoms with Crippen molar-refractivity contribution in [2.24, 2.45) is 4.99 Å². The van der Waals surface area contributed by atoms with E-state index in [1.807, 2.05) is 19.1 Å². The highest BCUT2D eigenvalue weighted by molar-refractivity contribution is 7.73. The fourth-order valence-electron chi connectivity index (χ4n) is 2.56. The van der Waals surface area contributed by atoms with Crippen molar-refractivity contribution < 1.29 is 19.4 Å². The van der Waals surface area contributed by atoms with Crippen LogP contribution in [0.15, 0.2) is 23.2 Å². The summed E-state index contributed by atoms with van der Waals surface area (Å²) in [7, 11) is 1.30. The van der Waals surface area contributed by atoms with Crippen molar-refractivity contribution in [3.8, 4) is 5.88 Å². The number of thiazole rings is 1. The number of rotatable bonds is 4. The molecule has 8 heteroatoms. The van der Waals surface area contributed by atoms with Gasteiger partial charge in [-0.25, -0.2) is 4.99 Å². The maximum atomic E-state index is 12.3. The van der Waals surface area contributed by atoms with E-state index < -0.39 is 11.9 Å². The van der Waals surface area contributed by atoms with Gasteiger partial charge in [-0.3, -0.25) is 14.2 Å². The summed E-state index contributed by atoms with van der Waals surface area (Å²) >= 11 is 6.39. The number of para-hydroxylation sites is 1. The summed E-state index contributed by atoms with van der Waals surface area (Å²) in [6, 6.07) is 5.52. The smallest absolute Gasteiger partial charge is 0.307 e. The molecule has 6 nitrogen and oxygen atoms in total. The van der Waals surface area contributed by atoms with Crippen LogP contribution in [-0.2, 0) is 20.9 Å². The van der Waals surface area contributed by atoms with E-state index in [4.69, 9.17) is 12.2 Å². The van der Waals surface area contributed by atoms with Crippen LogP contribution in [0.4, 0.5) is 0 Å². The molecule has 1 aromatic heterocycles. The topological polar surface area (TPSA) is 80.9 Å². The quantitative estimate of drug-likeness (QED) is 0.653. The second-order valence-electron chi connectivity index (χ2n) is 5.26. The molecule has 0 fully saturated rings.